The second kappa shape index (κ2) is 8.35. The Labute approximate surface area is 174 Å². The SMILES string of the molecule is Cc1ccc(CN(C(=O)C(C)Oc2ccc(Cl)cc2Cl)C2CCS(=O)(=O)C2)o1. The van der Waals surface area contributed by atoms with E-state index in [-0.39, 0.29) is 24.0 Å². The van der Waals surface area contributed by atoms with Crippen LogP contribution in [0.4, 0.5) is 0 Å². The number of ether oxygens (including phenoxy) is 1. The molecule has 9 heteroatoms. The van der Waals surface area contributed by atoms with Gasteiger partial charge >= 0.3 is 0 Å². The first-order chi connectivity index (χ1) is 13.1. The minimum Gasteiger partial charge on any atom is -0.479 e. The second-order valence-corrected chi connectivity index (χ2v) is 9.94. The number of hydrogen-bond acceptors (Lipinski definition) is 5. The standard InChI is InChI=1S/C19H21Cl2NO5S/c1-12-3-5-16(26-12)10-22(15-7-8-28(24,25)11-15)19(23)13(2)27-18-6-4-14(20)9-17(18)21/h3-6,9,13,15H,7-8,10-11H2,1-2H3. The summed E-state index contributed by atoms with van der Waals surface area (Å²) in [6.45, 7) is 3.59. The van der Waals surface area contributed by atoms with Gasteiger partial charge in [0.05, 0.1) is 23.1 Å². The van der Waals surface area contributed by atoms with E-state index in [1.807, 2.05) is 6.92 Å². The lowest BCUT2D eigenvalue weighted by molar-refractivity contribution is -0.140. The predicted octanol–water partition coefficient (Wildman–Crippen LogP) is 3.88. The van der Waals surface area contributed by atoms with Gasteiger partial charge in [0.2, 0.25) is 0 Å². The van der Waals surface area contributed by atoms with Crippen LogP contribution in [0.2, 0.25) is 10.0 Å². The minimum absolute atomic E-state index is 0.0626. The normalized spacial score (nSPS) is 19.4. The van der Waals surface area contributed by atoms with E-state index in [9.17, 15) is 13.2 Å². The highest BCUT2D eigenvalue weighted by atomic mass is 35.5. The van der Waals surface area contributed by atoms with Crippen molar-refractivity contribution in [3.8, 4) is 5.75 Å². The van der Waals surface area contributed by atoms with Crippen molar-refractivity contribution in [3.05, 3.63) is 51.9 Å². The number of hydrogen-bond donors (Lipinski definition) is 0. The van der Waals surface area contributed by atoms with E-state index < -0.39 is 22.0 Å². The third-order valence-electron chi connectivity index (χ3n) is 4.60. The molecule has 6 nitrogen and oxygen atoms in total. The van der Waals surface area contributed by atoms with Gasteiger partial charge in [0.25, 0.3) is 5.91 Å². The molecule has 1 amide bonds. The molecule has 1 saturated heterocycles. The maximum absolute atomic E-state index is 13.1. The fourth-order valence-electron chi connectivity index (χ4n) is 3.19. The highest BCUT2D eigenvalue weighted by Gasteiger charge is 2.37. The fraction of sp³-hybridized carbons (Fsp3) is 0.421. The van der Waals surface area contributed by atoms with Crippen LogP contribution in [-0.2, 0) is 21.2 Å². The molecule has 2 aromatic rings. The van der Waals surface area contributed by atoms with Crippen molar-refractivity contribution >= 4 is 38.9 Å². The first-order valence-corrected chi connectivity index (χ1v) is 11.4. The molecule has 2 heterocycles. The molecular formula is C19H21Cl2NO5S. The van der Waals surface area contributed by atoms with Crippen LogP contribution in [0.25, 0.3) is 0 Å². The van der Waals surface area contributed by atoms with Crippen LogP contribution in [0.15, 0.2) is 34.7 Å². The average molecular weight is 446 g/mol. The van der Waals surface area contributed by atoms with Crippen LogP contribution in [-0.4, -0.2) is 42.9 Å². The molecule has 28 heavy (non-hydrogen) atoms. The Morgan fingerprint density at radius 2 is 2.07 bits per heavy atom. The minimum atomic E-state index is -3.16. The maximum Gasteiger partial charge on any atom is 0.264 e. The van der Waals surface area contributed by atoms with Gasteiger partial charge < -0.3 is 14.1 Å². The fourth-order valence-corrected chi connectivity index (χ4v) is 5.38. The lowest BCUT2D eigenvalue weighted by Gasteiger charge is -2.30. The Morgan fingerprint density at radius 3 is 2.64 bits per heavy atom. The Balaban J connectivity index is 1.80. The molecule has 2 unspecified atom stereocenters. The molecule has 1 aliphatic heterocycles. The molecule has 1 aromatic heterocycles. The highest BCUT2D eigenvalue weighted by molar-refractivity contribution is 7.91. The number of rotatable bonds is 6. The summed E-state index contributed by atoms with van der Waals surface area (Å²) in [4.78, 5) is 14.7. The van der Waals surface area contributed by atoms with E-state index in [1.165, 1.54) is 11.0 Å². The summed E-state index contributed by atoms with van der Waals surface area (Å²) in [6.07, 6.45) is -0.472. The monoisotopic (exact) mass is 445 g/mol. The first kappa shape index (κ1) is 21.0. The van der Waals surface area contributed by atoms with Gasteiger partial charge in [-0.05, 0) is 50.6 Å². The van der Waals surface area contributed by atoms with Crippen molar-refractivity contribution in [1.29, 1.82) is 0 Å². The third-order valence-corrected chi connectivity index (χ3v) is 6.88. The third kappa shape index (κ3) is 5.01. The Bertz CT molecular complexity index is 972. The van der Waals surface area contributed by atoms with E-state index in [1.54, 1.807) is 31.2 Å². The molecule has 0 radical (unpaired) electrons. The predicted molar refractivity (Wildman–Crippen MR) is 108 cm³/mol. The maximum atomic E-state index is 13.1. The number of carbonyl (C=O) groups excluding carboxylic acids is 1. The van der Waals surface area contributed by atoms with Gasteiger partial charge in [0.1, 0.15) is 17.3 Å². The summed E-state index contributed by atoms with van der Waals surface area (Å²) >= 11 is 12.0. The summed E-state index contributed by atoms with van der Waals surface area (Å²) in [7, 11) is -3.16. The summed E-state index contributed by atoms with van der Waals surface area (Å²) in [5.74, 6) is 1.32. The van der Waals surface area contributed by atoms with Crippen LogP contribution >= 0.6 is 23.2 Å². The molecule has 0 spiro atoms. The van der Waals surface area contributed by atoms with E-state index in [0.717, 1.165) is 5.76 Å². The molecule has 3 rings (SSSR count). The molecule has 1 fully saturated rings. The van der Waals surface area contributed by atoms with Gasteiger partial charge in [0, 0.05) is 11.1 Å². The molecule has 0 saturated carbocycles. The quantitative estimate of drug-likeness (QED) is 0.673. The largest absolute Gasteiger partial charge is 0.479 e. The zero-order valence-electron chi connectivity index (χ0n) is 15.5. The number of sulfone groups is 1. The van der Waals surface area contributed by atoms with E-state index in [2.05, 4.69) is 0 Å². The number of nitrogens with zero attached hydrogens (tertiary/aromatic N) is 1. The summed E-state index contributed by atoms with van der Waals surface area (Å²) in [6, 6.07) is 7.90. The molecule has 1 aliphatic rings. The second-order valence-electron chi connectivity index (χ2n) is 6.87. The van der Waals surface area contributed by atoms with Crippen molar-refractivity contribution in [2.75, 3.05) is 11.5 Å². The number of aryl methyl sites for hydroxylation is 1. The first-order valence-electron chi connectivity index (χ1n) is 8.82. The number of furan rings is 1. The highest BCUT2D eigenvalue weighted by Crippen LogP contribution is 2.29. The summed E-state index contributed by atoms with van der Waals surface area (Å²) in [5.41, 5.74) is 0. The molecule has 0 N–H and O–H groups in total. The van der Waals surface area contributed by atoms with Gasteiger partial charge in [-0.2, -0.15) is 0 Å². The lowest BCUT2D eigenvalue weighted by Crippen LogP contribution is -2.46. The molecule has 152 valence electrons. The van der Waals surface area contributed by atoms with Gasteiger partial charge in [-0.3, -0.25) is 4.79 Å². The zero-order chi connectivity index (χ0) is 20.5. The van der Waals surface area contributed by atoms with Crippen molar-refractivity contribution in [2.45, 2.75) is 39.0 Å². The Morgan fingerprint density at radius 1 is 1.32 bits per heavy atom. The Kier molecular flexibility index (Phi) is 6.27. The van der Waals surface area contributed by atoms with Gasteiger partial charge in [-0.25, -0.2) is 8.42 Å². The molecular weight excluding hydrogens is 425 g/mol. The topological polar surface area (TPSA) is 76.8 Å². The number of carbonyl (C=O) groups is 1. The number of amides is 1. The summed E-state index contributed by atoms with van der Waals surface area (Å²) < 4.78 is 35.2. The lowest BCUT2D eigenvalue weighted by atomic mass is 10.2. The van der Waals surface area contributed by atoms with Crippen molar-refractivity contribution in [3.63, 3.8) is 0 Å². The van der Waals surface area contributed by atoms with Crippen molar-refractivity contribution in [1.82, 2.24) is 4.90 Å². The van der Waals surface area contributed by atoms with Gasteiger partial charge in [-0.1, -0.05) is 23.2 Å². The number of halogens is 2. The zero-order valence-corrected chi connectivity index (χ0v) is 17.9. The molecule has 0 aliphatic carbocycles. The van der Waals surface area contributed by atoms with E-state index >= 15 is 0 Å². The van der Waals surface area contributed by atoms with Crippen LogP contribution in [0, 0.1) is 6.92 Å². The molecule has 1 aromatic carbocycles. The Hall–Kier alpha value is -1.70. The summed E-state index contributed by atoms with van der Waals surface area (Å²) in [5, 5.41) is 0.756. The van der Waals surface area contributed by atoms with Crippen LogP contribution < -0.4 is 4.74 Å². The van der Waals surface area contributed by atoms with Crippen molar-refractivity contribution in [2.24, 2.45) is 0 Å². The smallest absolute Gasteiger partial charge is 0.264 e. The average Bonchev–Trinajstić information content (AvgIpc) is 3.19. The van der Waals surface area contributed by atoms with Crippen LogP contribution in [0.5, 0.6) is 5.75 Å². The van der Waals surface area contributed by atoms with Gasteiger partial charge in [0.15, 0.2) is 15.9 Å². The molecule has 2 atom stereocenters. The van der Waals surface area contributed by atoms with E-state index in [0.29, 0.717) is 28.0 Å². The van der Waals surface area contributed by atoms with E-state index in [4.69, 9.17) is 32.4 Å². The van der Waals surface area contributed by atoms with Crippen molar-refractivity contribution < 1.29 is 22.4 Å². The van der Waals surface area contributed by atoms with Gasteiger partial charge in [-0.15, -0.1) is 0 Å². The van der Waals surface area contributed by atoms with Crippen LogP contribution in [0.3, 0.4) is 0 Å². The number of benzene rings is 1. The molecule has 0 bridgehead atoms. The van der Waals surface area contributed by atoms with Crippen LogP contribution in [0.1, 0.15) is 24.9 Å².